The van der Waals surface area contributed by atoms with Crippen molar-refractivity contribution >= 4 is 40.8 Å². The Bertz CT molecular complexity index is 1160. The summed E-state index contributed by atoms with van der Waals surface area (Å²) in [4.78, 5) is 26.0. The molecule has 36 heavy (non-hydrogen) atoms. The van der Waals surface area contributed by atoms with Gasteiger partial charge in [-0.25, -0.2) is 22.4 Å². The summed E-state index contributed by atoms with van der Waals surface area (Å²) in [5.74, 6) is -7.39. The van der Waals surface area contributed by atoms with Gasteiger partial charge in [-0.05, 0) is 25.1 Å². The molecule has 2 aromatic rings. The van der Waals surface area contributed by atoms with Crippen molar-refractivity contribution in [2.24, 2.45) is 0 Å². The Morgan fingerprint density at radius 3 is 2.06 bits per heavy atom. The van der Waals surface area contributed by atoms with E-state index in [-0.39, 0.29) is 0 Å². The minimum atomic E-state index is -6.05. The van der Waals surface area contributed by atoms with Gasteiger partial charge < -0.3 is 4.74 Å². The molecule has 2 rings (SSSR count). The second-order valence-corrected chi connectivity index (χ2v) is 7.68. The first kappa shape index (κ1) is 29.4. The van der Waals surface area contributed by atoms with Crippen molar-refractivity contribution in [2.75, 3.05) is 18.5 Å². The van der Waals surface area contributed by atoms with Crippen molar-refractivity contribution in [1.29, 1.82) is 0 Å². The van der Waals surface area contributed by atoms with Gasteiger partial charge in [-0.15, -0.1) is 0 Å². The van der Waals surface area contributed by atoms with Gasteiger partial charge in [0.25, 0.3) is 12.1 Å². The van der Waals surface area contributed by atoms with Crippen LogP contribution in [0.25, 0.3) is 0 Å². The third-order valence-corrected chi connectivity index (χ3v) is 5.15. The SMILES string of the molecule is CCN(C(=O)c1c(F)cccc1F)C(=O)N(C)c1cc(Cl)c(OC(F)(F)C(F)C(F)(F)F)c(Cl)c1F. The van der Waals surface area contributed by atoms with Crippen LogP contribution in [-0.2, 0) is 0 Å². The number of urea groups is 1. The van der Waals surface area contributed by atoms with Crippen LogP contribution in [-0.4, -0.2) is 48.9 Å². The lowest BCUT2D eigenvalue weighted by Gasteiger charge is -2.28. The normalized spacial score (nSPS) is 12.8. The highest BCUT2D eigenvalue weighted by molar-refractivity contribution is 6.38. The van der Waals surface area contributed by atoms with Crippen molar-refractivity contribution in [3.8, 4) is 5.75 Å². The predicted octanol–water partition coefficient (Wildman–Crippen LogP) is 7.00. The van der Waals surface area contributed by atoms with Crippen LogP contribution in [0.3, 0.4) is 0 Å². The molecular formula is C20H13Cl2F9N2O3. The van der Waals surface area contributed by atoms with Crippen molar-refractivity contribution in [3.05, 3.63) is 57.3 Å². The fourth-order valence-corrected chi connectivity index (χ4v) is 3.29. The van der Waals surface area contributed by atoms with E-state index in [9.17, 15) is 49.1 Å². The Morgan fingerprint density at radius 1 is 1.06 bits per heavy atom. The molecule has 0 bridgehead atoms. The van der Waals surface area contributed by atoms with Crippen LogP contribution >= 0.6 is 23.2 Å². The average molecular weight is 571 g/mol. The number of carbonyl (C=O) groups excluding carboxylic acids is 2. The summed E-state index contributed by atoms with van der Waals surface area (Å²) >= 11 is 11.2. The topological polar surface area (TPSA) is 49.9 Å². The van der Waals surface area contributed by atoms with Gasteiger partial charge >= 0.3 is 18.3 Å². The number of halogens is 11. The Labute approximate surface area is 206 Å². The van der Waals surface area contributed by atoms with Gasteiger partial charge in [-0.2, -0.15) is 22.0 Å². The van der Waals surface area contributed by atoms with E-state index in [0.717, 1.165) is 25.2 Å². The molecule has 0 aliphatic carbocycles. The molecule has 198 valence electrons. The van der Waals surface area contributed by atoms with Gasteiger partial charge in [0.1, 0.15) is 22.2 Å². The Morgan fingerprint density at radius 2 is 1.58 bits per heavy atom. The maximum Gasteiger partial charge on any atom is 0.439 e. The van der Waals surface area contributed by atoms with Crippen LogP contribution in [0.1, 0.15) is 17.3 Å². The summed E-state index contributed by atoms with van der Waals surface area (Å²) in [6.45, 7) is 0.743. The monoisotopic (exact) mass is 570 g/mol. The molecule has 0 N–H and O–H groups in total. The fourth-order valence-electron chi connectivity index (χ4n) is 2.77. The predicted molar refractivity (Wildman–Crippen MR) is 110 cm³/mol. The second-order valence-electron chi connectivity index (χ2n) is 6.89. The van der Waals surface area contributed by atoms with Gasteiger partial charge in [-0.1, -0.05) is 29.3 Å². The molecule has 0 aromatic heterocycles. The Balaban J connectivity index is 2.44. The zero-order valence-corrected chi connectivity index (χ0v) is 19.4. The highest BCUT2D eigenvalue weighted by Crippen LogP contribution is 2.45. The summed E-state index contributed by atoms with van der Waals surface area (Å²) in [5, 5.41) is -2.53. The van der Waals surface area contributed by atoms with Crippen molar-refractivity contribution < 1.29 is 53.8 Å². The maximum atomic E-state index is 14.8. The van der Waals surface area contributed by atoms with Gasteiger partial charge in [-0.3, -0.25) is 14.6 Å². The number of amides is 3. The highest BCUT2D eigenvalue weighted by Gasteiger charge is 2.59. The maximum absolute atomic E-state index is 14.8. The first-order chi connectivity index (χ1) is 16.5. The molecule has 2 aromatic carbocycles. The number of carbonyl (C=O) groups is 2. The van der Waals surface area contributed by atoms with Crippen molar-refractivity contribution in [2.45, 2.75) is 25.4 Å². The summed E-state index contributed by atoms with van der Waals surface area (Å²) in [6.07, 6.45) is -16.5. The van der Waals surface area contributed by atoms with E-state index < -0.39 is 81.4 Å². The molecular weight excluding hydrogens is 558 g/mol. The largest absolute Gasteiger partial charge is 0.439 e. The first-order valence-corrected chi connectivity index (χ1v) is 10.2. The molecule has 3 amide bonds. The van der Waals surface area contributed by atoms with Crippen LogP contribution in [0.5, 0.6) is 5.75 Å². The molecule has 1 atom stereocenters. The first-order valence-electron chi connectivity index (χ1n) is 9.44. The van der Waals surface area contributed by atoms with Crippen molar-refractivity contribution in [3.63, 3.8) is 0 Å². The smallest absolute Gasteiger partial charge is 0.427 e. The standard InChI is InChI=1S/C20H13Cl2F9N2O3/c1-3-33(16(34)12-9(23)5-4-6-10(12)24)18(35)32(2)11-7-8(21)15(13(22)14(11)25)36-20(30,31)17(26)19(27,28)29/h4-7,17H,3H2,1-2H3. The third kappa shape index (κ3) is 5.75. The van der Waals surface area contributed by atoms with E-state index in [2.05, 4.69) is 4.74 Å². The van der Waals surface area contributed by atoms with Gasteiger partial charge in [0, 0.05) is 13.6 Å². The van der Waals surface area contributed by atoms with Gasteiger partial charge in [0.15, 0.2) is 11.6 Å². The zero-order chi connectivity index (χ0) is 27.7. The zero-order valence-electron chi connectivity index (χ0n) is 17.9. The highest BCUT2D eigenvalue weighted by atomic mass is 35.5. The Hall–Kier alpha value is -2.87. The van der Waals surface area contributed by atoms with Crippen LogP contribution in [0.2, 0.25) is 10.0 Å². The molecule has 5 nitrogen and oxygen atoms in total. The lowest BCUT2D eigenvalue weighted by Crippen LogP contribution is -2.46. The lowest BCUT2D eigenvalue weighted by atomic mass is 10.1. The molecule has 0 aliphatic rings. The number of nitrogens with zero attached hydrogens (tertiary/aromatic N) is 2. The van der Waals surface area contributed by atoms with Crippen molar-refractivity contribution in [1.82, 2.24) is 4.90 Å². The Kier molecular flexibility index (Phi) is 8.67. The minimum Gasteiger partial charge on any atom is -0.427 e. The quantitative estimate of drug-likeness (QED) is 0.277. The van der Waals surface area contributed by atoms with E-state index >= 15 is 0 Å². The molecule has 1 unspecified atom stereocenters. The number of imide groups is 1. The average Bonchev–Trinajstić information content (AvgIpc) is 2.77. The number of anilines is 1. The van der Waals surface area contributed by atoms with Crippen LogP contribution in [0.15, 0.2) is 24.3 Å². The lowest BCUT2D eigenvalue weighted by molar-refractivity contribution is -0.304. The number of ether oxygens (including phenoxy) is 1. The molecule has 0 radical (unpaired) electrons. The second kappa shape index (κ2) is 10.6. The number of benzene rings is 2. The van der Waals surface area contributed by atoms with E-state index in [0.29, 0.717) is 15.9 Å². The number of hydrogen-bond donors (Lipinski definition) is 0. The van der Waals surface area contributed by atoms with Gasteiger partial charge in [0.2, 0.25) is 0 Å². The number of hydrogen-bond acceptors (Lipinski definition) is 3. The van der Waals surface area contributed by atoms with Crippen LogP contribution in [0, 0.1) is 17.5 Å². The molecule has 0 heterocycles. The third-order valence-electron chi connectivity index (χ3n) is 4.54. The molecule has 0 saturated carbocycles. The molecule has 0 aliphatic heterocycles. The molecule has 0 fully saturated rings. The van der Waals surface area contributed by atoms with E-state index in [1.54, 1.807) is 0 Å². The van der Waals surface area contributed by atoms with Crippen LogP contribution in [0.4, 0.5) is 50.0 Å². The summed E-state index contributed by atoms with van der Waals surface area (Å²) in [7, 11) is 0.831. The molecule has 0 spiro atoms. The van der Waals surface area contributed by atoms with E-state index in [1.165, 1.54) is 6.92 Å². The fraction of sp³-hybridized carbons (Fsp3) is 0.300. The molecule has 0 saturated heterocycles. The summed E-state index contributed by atoms with van der Waals surface area (Å²) in [6, 6.07) is 1.46. The number of rotatable bonds is 6. The minimum absolute atomic E-state index is 0.290. The summed E-state index contributed by atoms with van der Waals surface area (Å²) < 4.78 is 124. The molecule has 16 heteroatoms. The van der Waals surface area contributed by atoms with E-state index in [4.69, 9.17) is 23.2 Å². The van der Waals surface area contributed by atoms with Crippen LogP contribution < -0.4 is 9.64 Å². The summed E-state index contributed by atoms with van der Waals surface area (Å²) in [5.41, 5.74) is -2.01. The van der Waals surface area contributed by atoms with E-state index in [1.807, 2.05) is 0 Å². The number of alkyl halides is 6. The van der Waals surface area contributed by atoms with Gasteiger partial charge in [0.05, 0.1) is 10.7 Å².